The molecular formula is C13H17NO3. The molecule has 0 unspecified atom stereocenters. The Morgan fingerprint density at radius 3 is 2.82 bits per heavy atom. The number of hydrogen-bond donors (Lipinski definition) is 1. The maximum atomic E-state index is 10.8. The number of carboxylic acids is 1. The highest BCUT2D eigenvalue weighted by Gasteiger charge is 2.28. The molecule has 4 nitrogen and oxygen atoms in total. The second-order valence-corrected chi connectivity index (χ2v) is 4.40. The molecule has 1 heterocycles. The molecule has 1 saturated heterocycles. The number of rotatable bonds is 3. The van der Waals surface area contributed by atoms with Crippen LogP contribution in [0.1, 0.15) is 18.6 Å². The topological polar surface area (TPSA) is 49.8 Å². The van der Waals surface area contributed by atoms with Crippen molar-refractivity contribution >= 4 is 5.97 Å². The molecule has 0 bridgehead atoms. The van der Waals surface area contributed by atoms with Crippen LogP contribution in [-0.2, 0) is 9.53 Å². The predicted molar refractivity (Wildman–Crippen MR) is 63.8 cm³/mol. The van der Waals surface area contributed by atoms with Gasteiger partial charge in [0, 0.05) is 12.6 Å². The fraction of sp³-hybridized carbons (Fsp3) is 0.462. The van der Waals surface area contributed by atoms with Gasteiger partial charge in [-0.3, -0.25) is 9.69 Å². The van der Waals surface area contributed by atoms with Crippen molar-refractivity contribution in [3.8, 4) is 0 Å². The van der Waals surface area contributed by atoms with Gasteiger partial charge in [0.1, 0.15) is 0 Å². The number of carbonyl (C=O) groups is 1. The zero-order valence-electron chi connectivity index (χ0n) is 9.87. The lowest BCUT2D eigenvalue weighted by atomic mass is 10.1. The van der Waals surface area contributed by atoms with Crippen LogP contribution in [-0.4, -0.2) is 41.7 Å². The molecule has 0 radical (unpaired) electrons. The quantitative estimate of drug-likeness (QED) is 0.863. The molecule has 0 aromatic heterocycles. The molecule has 17 heavy (non-hydrogen) atoms. The van der Waals surface area contributed by atoms with E-state index in [-0.39, 0.29) is 18.7 Å². The summed E-state index contributed by atoms with van der Waals surface area (Å²) in [4.78, 5) is 12.7. The van der Waals surface area contributed by atoms with Gasteiger partial charge in [-0.1, -0.05) is 30.3 Å². The molecule has 0 aliphatic carbocycles. The van der Waals surface area contributed by atoms with Crippen LogP contribution in [0.2, 0.25) is 0 Å². The van der Waals surface area contributed by atoms with Crippen molar-refractivity contribution in [3.05, 3.63) is 35.9 Å². The van der Waals surface area contributed by atoms with Crippen LogP contribution in [0.5, 0.6) is 0 Å². The van der Waals surface area contributed by atoms with Gasteiger partial charge >= 0.3 is 5.97 Å². The predicted octanol–water partition coefficient (Wildman–Crippen LogP) is 1.53. The number of ether oxygens (including phenoxy) is 1. The monoisotopic (exact) mass is 235 g/mol. The molecule has 1 aromatic carbocycles. The maximum absolute atomic E-state index is 10.8. The average Bonchev–Trinajstić information content (AvgIpc) is 2.32. The molecule has 92 valence electrons. The summed E-state index contributed by atoms with van der Waals surface area (Å²) in [5.74, 6) is -0.787. The van der Waals surface area contributed by atoms with E-state index in [1.165, 1.54) is 0 Å². The Kier molecular flexibility index (Phi) is 3.76. The van der Waals surface area contributed by atoms with Crippen LogP contribution in [0, 0.1) is 0 Å². The number of morpholine rings is 1. The number of nitrogens with zero attached hydrogens (tertiary/aromatic N) is 1. The smallest absolute Gasteiger partial charge is 0.317 e. The minimum atomic E-state index is -0.787. The van der Waals surface area contributed by atoms with Gasteiger partial charge in [-0.25, -0.2) is 0 Å². The zero-order valence-corrected chi connectivity index (χ0v) is 9.87. The molecule has 2 rings (SSSR count). The van der Waals surface area contributed by atoms with Gasteiger partial charge in [-0.2, -0.15) is 0 Å². The van der Waals surface area contributed by atoms with Gasteiger partial charge < -0.3 is 9.84 Å². The summed E-state index contributed by atoms with van der Waals surface area (Å²) >= 11 is 0. The van der Waals surface area contributed by atoms with Crippen LogP contribution >= 0.6 is 0 Å². The Hall–Kier alpha value is -1.39. The van der Waals surface area contributed by atoms with Gasteiger partial charge in [0.2, 0.25) is 0 Å². The molecule has 1 fully saturated rings. The summed E-state index contributed by atoms with van der Waals surface area (Å²) in [7, 11) is 0. The molecule has 2 atom stereocenters. The highest BCUT2D eigenvalue weighted by Crippen LogP contribution is 2.24. The number of carboxylic acid groups (broad SMARTS) is 1. The highest BCUT2D eigenvalue weighted by atomic mass is 16.5. The SMILES string of the molecule is C[C@H]1CO[C@@H](c2ccccc2)CN1CC(=O)O. The normalized spacial score (nSPS) is 25.7. The van der Waals surface area contributed by atoms with Crippen LogP contribution in [0.25, 0.3) is 0 Å². The summed E-state index contributed by atoms with van der Waals surface area (Å²) in [5, 5.41) is 8.86. The first kappa shape index (κ1) is 12.1. The minimum Gasteiger partial charge on any atom is -0.480 e. The van der Waals surface area contributed by atoms with Crippen molar-refractivity contribution in [2.24, 2.45) is 0 Å². The standard InChI is InChI=1S/C13H17NO3/c1-10-9-17-12(7-14(10)8-13(15)16)11-5-3-2-4-6-11/h2-6,10,12H,7-9H2,1H3,(H,15,16)/t10-,12+/m0/s1. The maximum Gasteiger partial charge on any atom is 0.317 e. The van der Waals surface area contributed by atoms with E-state index >= 15 is 0 Å². The van der Waals surface area contributed by atoms with E-state index < -0.39 is 5.97 Å². The average molecular weight is 235 g/mol. The fourth-order valence-electron chi connectivity index (χ4n) is 2.07. The van der Waals surface area contributed by atoms with Crippen molar-refractivity contribution in [2.45, 2.75) is 19.1 Å². The van der Waals surface area contributed by atoms with E-state index in [9.17, 15) is 4.79 Å². The summed E-state index contributed by atoms with van der Waals surface area (Å²) in [5.41, 5.74) is 1.11. The summed E-state index contributed by atoms with van der Waals surface area (Å²) in [6, 6.07) is 10.1. The highest BCUT2D eigenvalue weighted by molar-refractivity contribution is 5.69. The van der Waals surface area contributed by atoms with Crippen LogP contribution in [0.15, 0.2) is 30.3 Å². The van der Waals surface area contributed by atoms with E-state index in [0.29, 0.717) is 13.2 Å². The largest absolute Gasteiger partial charge is 0.480 e. The number of hydrogen-bond acceptors (Lipinski definition) is 3. The van der Waals surface area contributed by atoms with E-state index in [0.717, 1.165) is 5.56 Å². The third kappa shape index (κ3) is 3.05. The van der Waals surface area contributed by atoms with Gasteiger partial charge in [0.15, 0.2) is 0 Å². The number of aliphatic carboxylic acids is 1. The molecule has 0 spiro atoms. The summed E-state index contributed by atoms with van der Waals surface area (Å²) in [6.45, 7) is 3.28. The van der Waals surface area contributed by atoms with Crippen molar-refractivity contribution in [3.63, 3.8) is 0 Å². The third-order valence-corrected chi connectivity index (χ3v) is 3.07. The summed E-state index contributed by atoms with van der Waals surface area (Å²) in [6.07, 6.45) is -0.0215. The lowest BCUT2D eigenvalue weighted by Crippen LogP contribution is -2.47. The van der Waals surface area contributed by atoms with E-state index in [1.54, 1.807) is 0 Å². The Labute approximate surface area is 101 Å². The summed E-state index contributed by atoms with van der Waals surface area (Å²) < 4.78 is 5.75. The molecule has 1 aromatic rings. The van der Waals surface area contributed by atoms with Gasteiger partial charge in [0.25, 0.3) is 0 Å². The zero-order chi connectivity index (χ0) is 12.3. The van der Waals surface area contributed by atoms with Crippen molar-refractivity contribution in [2.75, 3.05) is 19.7 Å². The number of benzene rings is 1. The van der Waals surface area contributed by atoms with Crippen LogP contribution in [0.3, 0.4) is 0 Å². The second kappa shape index (κ2) is 5.29. The lowest BCUT2D eigenvalue weighted by molar-refractivity contribution is -0.142. The van der Waals surface area contributed by atoms with E-state index in [2.05, 4.69) is 0 Å². The van der Waals surface area contributed by atoms with Gasteiger partial charge in [-0.05, 0) is 12.5 Å². The van der Waals surface area contributed by atoms with Crippen molar-refractivity contribution in [1.29, 1.82) is 0 Å². The first-order valence-corrected chi connectivity index (χ1v) is 5.79. The molecule has 0 amide bonds. The van der Waals surface area contributed by atoms with Gasteiger partial charge in [-0.15, -0.1) is 0 Å². The minimum absolute atomic E-state index is 0.0215. The first-order chi connectivity index (χ1) is 8.16. The Bertz CT molecular complexity index is 380. The van der Waals surface area contributed by atoms with Gasteiger partial charge in [0.05, 0.1) is 19.3 Å². The lowest BCUT2D eigenvalue weighted by Gasteiger charge is -2.37. The van der Waals surface area contributed by atoms with Crippen LogP contribution in [0.4, 0.5) is 0 Å². The first-order valence-electron chi connectivity index (χ1n) is 5.79. The molecule has 1 N–H and O–H groups in total. The molecule has 1 aliphatic rings. The van der Waals surface area contributed by atoms with Crippen molar-refractivity contribution in [1.82, 2.24) is 4.90 Å². The molecular weight excluding hydrogens is 218 g/mol. The van der Waals surface area contributed by atoms with E-state index in [1.807, 2.05) is 42.2 Å². The fourth-order valence-corrected chi connectivity index (χ4v) is 2.07. The Morgan fingerprint density at radius 1 is 1.47 bits per heavy atom. The second-order valence-electron chi connectivity index (χ2n) is 4.40. The molecule has 1 aliphatic heterocycles. The third-order valence-electron chi connectivity index (χ3n) is 3.07. The van der Waals surface area contributed by atoms with Crippen LogP contribution < -0.4 is 0 Å². The Balaban J connectivity index is 2.05. The molecule has 4 heteroatoms. The van der Waals surface area contributed by atoms with Crippen molar-refractivity contribution < 1.29 is 14.6 Å². The Morgan fingerprint density at radius 2 is 2.18 bits per heavy atom. The van der Waals surface area contributed by atoms with E-state index in [4.69, 9.17) is 9.84 Å². The molecule has 0 saturated carbocycles.